The summed E-state index contributed by atoms with van der Waals surface area (Å²) in [4.78, 5) is 22.7. The minimum absolute atomic E-state index is 0.00624. The van der Waals surface area contributed by atoms with Crippen LogP contribution in [0.3, 0.4) is 0 Å². The molecule has 2 rings (SSSR count). The number of carbonyl (C=O) groups excluding carboxylic acids is 2. The molecule has 0 atom stereocenters. The third kappa shape index (κ3) is 3.67. The number of benzene rings is 2. The zero-order chi connectivity index (χ0) is 16.8. The molecule has 0 aliphatic heterocycles. The molecule has 0 bridgehead atoms. The second-order valence-corrected chi connectivity index (χ2v) is 4.71. The van der Waals surface area contributed by atoms with Crippen LogP contribution in [0.1, 0.15) is 20.7 Å². The summed E-state index contributed by atoms with van der Waals surface area (Å²) in [5.74, 6) is 0.180. The maximum Gasteiger partial charge on any atom is 0.248 e. The topological polar surface area (TPSA) is 87.9 Å². The van der Waals surface area contributed by atoms with Gasteiger partial charge in [0.1, 0.15) is 0 Å². The lowest BCUT2D eigenvalue weighted by Crippen LogP contribution is -2.10. The molecule has 23 heavy (non-hydrogen) atoms. The van der Waals surface area contributed by atoms with Crippen molar-refractivity contribution in [3.05, 3.63) is 47.5 Å². The molecule has 1 amide bonds. The Morgan fingerprint density at radius 3 is 2.57 bits per heavy atom. The van der Waals surface area contributed by atoms with Gasteiger partial charge in [-0.15, -0.1) is 0 Å². The molecule has 2 aromatic carbocycles. The molecule has 6 heteroatoms. The fourth-order valence-corrected chi connectivity index (χ4v) is 2.15. The number of nitrogens with two attached hydrogens (primary N) is 1. The van der Waals surface area contributed by atoms with E-state index in [0.717, 1.165) is 5.56 Å². The Labute approximate surface area is 133 Å². The molecule has 2 aromatic rings. The number of primary amides is 1. The van der Waals surface area contributed by atoms with Crippen molar-refractivity contribution in [2.24, 2.45) is 5.73 Å². The molecule has 2 N–H and O–H groups in total. The Morgan fingerprint density at radius 1 is 1.17 bits per heavy atom. The van der Waals surface area contributed by atoms with Gasteiger partial charge in [0.2, 0.25) is 5.91 Å². The standard InChI is InChI=1S/C17H17NO5/c1-21-10-23-16-14(9-19)7-13(8-15(16)22-2)11-4-3-5-12(6-11)17(18)20/h3-9H,10H2,1-2H3,(H2,18,20). The van der Waals surface area contributed by atoms with Crippen molar-refractivity contribution in [2.45, 2.75) is 0 Å². The molecular weight excluding hydrogens is 298 g/mol. The third-order valence-corrected chi connectivity index (χ3v) is 3.23. The Kier molecular flexibility index (Phi) is 5.32. The van der Waals surface area contributed by atoms with Crippen LogP contribution in [0.4, 0.5) is 0 Å². The molecule has 0 spiro atoms. The van der Waals surface area contributed by atoms with Gasteiger partial charge >= 0.3 is 0 Å². The molecule has 0 aliphatic rings. The Hall–Kier alpha value is -2.86. The first-order valence-corrected chi connectivity index (χ1v) is 6.80. The molecule has 0 saturated carbocycles. The molecule has 0 unspecified atom stereocenters. The number of hydrogen-bond donors (Lipinski definition) is 1. The second kappa shape index (κ2) is 7.42. The summed E-state index contributed by atoms with van der Waals surface area (Å²) >= 11 is 0. The second-order valence-electron chi connectivity index (χ2n) is 4.71. The van der Waals surface area contributed by atoms with Crippen LogP contribution in [0.5, 0.6) is 11.5 Å². The minimum atomic E-state index is -0.519. The largest absolute Gasteiger partial charge is 0.493 e. The molecule has 0 fully saturated rings. The highest BCUT2D eigenvalue weighted by molar-refractivity contribution is 5.94. The number of carbonyl (C=O) groups is 2. The molecular formula is C17H17NO5. The van der Waals surface area contributed by atoms with Gasteiger partial charge in [-0.05, 0) is 35.4 Å². The van der Waals surface area contributed by atoms with E-state index >= 15 is 0 Å². The Morgan fingerprint density at radius 2 is 1.96 bits per heavy atom. The predicted octanol–water partition coefficient (Wildman–Crippen LogP) is 2.26. The van der Waals surface area contributed by atoms with Crippen LogP contribution in [-0.4, -0.2) is 33.2 Å². The van der Waals surface area contributed by atoms with Gasteiger partial charge in [-0.25, -0.2) is 0 Å². The van der Waals surface area contributed by atoms with Gasteiger partial charge in [0.25, 0.3) is 0 Å². The number of hydrogen-bond acceptors (Lipinski definition) is 5. The van der Waals surface area contributed by atoms with E-state index < -0.39 is 5.91 Å². The quantitative estimate of drug-likeness (QED) is 0.625. The number of rotatable bonds is 7. The van der Waals surface area contributed by atoms with E-state index in [1.165, 1.54) is 14.2 Å². The number of methoxy groups -OCH3 is 2. The zero-order valence-electron chi connectivity index (χ0n) is 12.9. The average Bonchev–Trinajstić information content (AvgIpc) is 2.59. The number of aldehydes is 1. The lowest BCUT2D eigenvalue weighted by atomic mass is 10.00. The van der Waals surface area contributed by atoms with Gasteiger partial charge in [-0.2, -0.15) is 0 Å². The number of amides is 1. The summed E-state index contributed by atoms with van der Waals surface area (Å²) in [6.45, 7) is -0.00624. The molecule has 6 nitrogen and oxygen atoms in total. The first-order valence-electron chi connectivity index (χ1n) is 6.80. The summed E-state index contributed by atoms with van der Waals surface area (Å²) in [5.41, 5.74) is 7.44. The van der Waals surface area contributed by atoms with Crippen molar-refractivity contribution in [3.8, 4) is 22.6 Å². The van der Waals surface area contributed by atoms with E-state index in [2.05, 4.69) is 0 Å². The first kappa shape index (κ1) is 16.5. The average molecular weight is 315 g/mol. The minimum Gasteiger partial charge on any atom is -0.493 e. The highest BCUT2D eigenvalue weighted by atomic mass is 16.7. The van der Waals surface area contributed by atoms with Crippen LogP contribution in [0.2, 0.25) is 0 Å². The third-order valence-electron chi connectivity index (χ3n) is 3.23. The van der Waals surface area contributed by atoms with Crippen molar-refractivity contribution < 1.29 is 23.8 Å². The van der Waals surface area contributed by atoms with Crippen LogP contribution in [0, 0.1) is 0 Å². The van der Waals surface area contributed by atoms with E-state index in [1.807, 2.05) is 6.07 Å². The summed E-state index contributed by atoms with van der Waals surface area (Å²) in [6, 6.07) is 10.2. The van der Waals surface area contributed by atoms with E-state index in [0.29, 0.717) is 34.5 Å². The fourth-order valence-electron chi connectivity index (χ4n) is 2.15. The van der Waals surface area contributed by atoms with Crippen molar-refractivity contribution in [1.29, 1.82) is 0 Å². The highest BCUT2D eigenvalue weighted by Crippen LogP contribution is 2.36. The molecule has 0 heterocycles. The van der Waals surface area contributed by atoms with E-state index in [1.54, 1.807) is 30.3 Å². The van der Waals surface area contributed by atoms with Crippen LogP contribution < -0.4 is 15.2 Å². The summed E-state index contributed by atoms with van der Waals surface area (Å²) in [6.07, 6.45) is 0.676. The van der Waals surface area contributed by atoms with Crippen molar-refractivity contribution in [3.63, 3.8) is 0 Å². The van der Waals surface area contributed by atoms with Crippen LogP contribution >= 0.6 is 0 Å². The smallest absolute Gasteiger partial charge is 0.248 e. The molecule has 0 aliphatic carbocycles. The molecule has 0 aromatic heterocycles. The normalized spacial score (nSPS) is 10.2. The summed E-state index contributed by atoms with van der Waals surface area (Å²) < 4.78 is 15.5. The van der Waals surface area contributed by atoms with Gasteiger partial charge in [-0.1, -0.05) is 12.1 Å². The van der Waals surface area contributed by atoms with Crippen LogP contribution in [0.25, 0.3) is 11.1 Å². The van der Waals surface area contributed by atoms with Crippen LogP contribution in [-0.2, 0) is 4.74 Å². The summed E-state index contributed by atoms with van der Waals surface area (Å²) in [5, 5.41) is 0. The Bertz CT molecular complexity index is 727. The van der Waals surface area contributed by atoms with E-state index in [-0.39, 0.29) is 6.79 Å². The molecule has 0 radical (unpaired) electrons. The van der Waals surface area contributed by atoms with Gasteiger partial charge in [0, 0.05) is 12.7 Å². The fraction of sp³-hybridized carbons (Fsp3) is 0.176. The maximum atomic E-state index is 11.4. The predicted molar refractivity (Wildman–Crippen MR) is 84.8 cm³/mol. The van der Waals surface area contributed by atoms with E-state index in [9.17, 15) is 9.59 Å². The van der Waals surface area contributed by atoms with Crippen molar-refractivity contribution in [1.82, 2.24) is 0 Å². The van der Waals surface area contributed by atoms with E-state index in [4.69, 9.17) is 19.9 Å². The van der Waals surface area contributed by atoms with Gasteiger partial charge in [0.15, 0.2) is 24.6 Å². The van der Waals surface area contributed by atoms with Crippen molar-refractivity contribution >= 4 is 12.2 Å². The maximum absolute atomic E-state index is 11.4. The summed E-state index contributed by atoms with van der Waals surface area (Å²) in [7, 11) is 2.96. The van der Waals surface area contributed by atoms with Crippen LogP contribution in [0.15, 0.2) is 36.4 Å². The SMILES string of the molecule is COCOc1c(C=O)cc(-c2cccc(C(N)=O)c2)cc1OC. The zero-order valence-corrected chi connectivity index (χ0v) is 12.9. The monoisotopic (exact) mass is 315 g/mol. The molecule has 0 saturated heterocycles. The number of ether oxygens (including phenoxy) is 3. The van der Waals surface area contributed by atoms with Gasteiger partial charge < -0.3 is 19.9 Å². The lowest BCUT2D eigenvalue weighted by Gasteiger charge is -2.14. The lowest BCUT2D eigenvalue weighted by molar-refractivity contribution is 0.0485. The van der Waals surface area contributed by atoms with Crippen molar-refractivity contribution in [2.75, 3.05) is 21.0 Å². The molecule has 120 valence electrons. The Balaban J connectivity index is 2.53. The van der Waals surface area contributed by atoms with Gasteiger partial charge in [0.05, 0.1) is 12.7 Å². The highest BCUT2D eigenvalue weighted by Gasteiger charge is 2.14. The van der Waals surface area contributed by atoms with Gasteiger partial charge in [-0.3, -0.25) is 9.59 Å². The first-order chi connectivity index (χ1) is 11.1.